The van der Waals surface area contributed by atoms with E-state index in [0.29, 0.717) is 18.1 Å². The third-order valence-corrected chi connectivity index (χ3v) is 2.52. The van der Waals surface area contributed by atoms with Crippen LogP contribution in [0, 0.1) is 6.92 Å². The second kappa shape index (κ2) is 7.02. The number of aliphatic imine (C=N–C) groups is 1. The fourth-order valence-electron chi connectivity index (χ4n) is 1.56. The minimum absolute atomic E-state index is 0.224. The first kappa shape index (κ1) is 16.1. The third kappa shape index (κ3) is 5.38. The zero-order valence-corrected chi connectivity index (χ0v) is 11.6. The predicted octanol–water partition coefficient (Wildman–Crippen LogP) is 2.23. The number of hydrogen-bond acceptors (Lipinski definition) is 2. The molecule has 0 aliphatic rings. The molecule has 0 saturated carbocycles. The van der Waals surface area contributed by atoms with Gasteiger partial charge in [-0.15, -0.1) is 0 Å². The van der Waals surface area contributed by atoms with E-state index in [0.717, 1.165) is 5.56 Å². The highest BCUT2D eigenvalue weighted by Gasteiger charge is 2.28. The highest BCUT2D eigenvalue weighted by atomic mass is 19.4. The number of alkyl halides is 3. The van der Waals surface area contributed by atoms with Gasteiger partial charge < -0.3 is 15.4 Å². The molecule has 0 saturated heterocycles. The Morgan fingerprint density at radius 1 is 1.35 bits per heavy atom. The minimum Gasteiger partial charge on any atom is -0.484 e. The Labute approximate surface area is 116 Å². The molecule has 0 atom stereocenters. The van der Waals surface area contributed by atoms with Crippen molar-refractivity contribution in [1.82, 2.24) is 10.6 Å². The zero-order valence-electron chi connectivity index (χ0n) is 11.6. The van der Waals surface area contributed by atoms with Crippen LogP contribution in [0.25, 0.3) is 0 Å². The quantitative estimate of drug-likeness (QED) is 0.660. The molecule has 0 aliphatic carbocycles. The molecule has 0 spiro atoms. The second-order valence-electron chi connectivity index (χ2n) is 4.19. The molecule has 0 radical (unpaired) electrons. The lowest BCUT2D eigenvalue weighted by Crippen LogP contribution is -2.34. The zero-order chi connectivity index (χ0) is 15.2. The van der Waals surface area contributed by atoms with Crippen molar-refractivity contribution < 1.29 is 17.9 Å². The number of nitrogens with zero attached hydrogens (tertiary/aromatic N) is 1. The van der Waals surface area contributed by atoms with Crippen LogP contribution < -0.4 is 15.4 Å². The van der Waals surface area contributed by atoms with Crippen molar-refractivity contribution in [2.24, 2.45) is 4.99 Å². The summed E-state index contributed by atoms with van der Waals surface area (Å²) in [5.41, 5.74) is 1.47. The lowest BCUT2D eigenvalue weighted by atomic mass is 10.1. The number of halogens is 3. The third-order valence-electron chi connectivity index (χ3n) is 2.52. The van der Waals surface area contributed by atoms with Crippen molar-refractivity contribution in [2.45, 2.75) is 19.6 Å². The molecule has 0 aromatic heterocycles. The van der Waals surface area contributed by atoms with Crippen LogP contribution in [0.3, 0.4) is 0 Å². The molecule has 7 heteroatoms. The Hall–Kier alpha value is -1.92. The Morgan fingerprint density at radius 3 is 2.60 bits per heavy atom. The number of aryl methyl sites for hydroxylation is 1. The standard InChI is InChI=1S/C13H18F3N3O/c1-9-4-5-10(7-19-12(17-2)18-3)11(6-9)20-8-13(14,15)16/h4-6H,7-8H2,1-3H3,(H2,17,18,19). The largest absolute Gasteiger partial charge is 0.484 e. The fraction of sp³-hybridized carbons (Fsp3) is 0.462. The topological polar surface area (TPSA) is 45.7 Å². The highest BCUT2D eigenvalue weighted by Crippen LogP contribution is 2.23. The predicted molar refractivity (Wildman–Crippen MR) is 72.0 cm³/mol. The van der Waals surface area contributed by atoms with Crippen LogP contribution in [0.15, 0.2) is 23.2 Å². The first-order chi connectivity index (χ1) is 9.35. The summed E-state index contributed by atoms with van der Waals surface area (Å²) in [5, 5.41) is 5.80. The number of benzene rings is 1. The van der Waals surface area contributed by atoms with E-state index in [4.69, 9.17) is 4.74 Å². The molecule has 2 N–H and O–H groups in total. The molecule has 0 unspecified atom stereocenters. The van der Waals surface area contributed by atoms with Gasteiger partial charge in [0.25, 0.3) is 0 Å². The average molecular weight is 289 g/mol. The number of guanidine groups is 1. The van der Waals surface area contributed by atoms with E-state index in [1.54, 1.807) is 33.2 Å². The Morgan fingerprint density at radius 2 is 2.05 bits per heavy atom. The summed E-state index contributed by atoms with van der Waals surface area (Å²) in [7, 11) is 3.31. The summed E-state index contributed by atoms with van der Waals surface area (Å²) in [4.78, 5) is 3.93. The summed E-state index contributed by atoms with van der Waals surface area (Å²) < 4.78 is 41.5. The summed E-state index contributed by atoms with van der Waals surface area (Å²) in [6.07, 6.45) is -4.35. The van der Waals surface area contributed by atoms with Gasteiger partial charge in [0.1, 0.15) is 5.75 Å². The number of ether oxygens (including phenoxy) is 1. The average Bonchev–Trinajstić information content (AvgIpc) is 2.38. The van der Waals surface area contributed by atoms with Crippen molar-refractivity contribution in [3.05, 3.63) is 29.3 Å². The van der Waals surface area contributed by atoms with Gasteiger partial charge in [-0.25, -0.2) is 0 Å². The SMILES string of the molecule is CN=C(NC)NCc1ccc(C)cc1OCC(F)(F)F. The van der Waals surface area contributed by atoms with Crippen LogP contribution in [-0.2, 0) is 6.54 Å². The van der Waals surface area contributed by atoms with Crippen molar-refractivity contribution >= 4 is 5.96 Å². The molecule has 20 heavy (non-hydrogen) atoms. The second-order valence-corrected chi connectivity index (χ2v) is 4.19. The van der Waals surface area contributed by atoms with Gasteiger partial charge in [-0.05, 0) is 18.6 Å². The van der Waals surface area contributed by atoms with E-state index in [-0.39, 0.29) is 5.75 Å². The fourth-order valence-corrected chi connectivity index (χ4v) is 1.56. The molecule has 0 fully saturated rings. The Bertz CT molecular complexity index is 472. The maximum Gasteiger partial charge on any atom is 0.422 e. The summed E-state index contributed by atoms with van der Waals surface area (Å²) in [5.74, 6) is 0.772. The normalized spacial score (nSPS) is 12.2. The Balaban J connectivity index is 2.79. The van der Waals surface area contributed by atoms with E-state index >= 15 is 0 Å². The van der Waals surface area contributed by atoms with Crippen molar-refractivity contribution in [1.29, 1.82) is 0 Å². The van der Waals surface area contributed by atoms with E-state index < -0.39 is 12.8 Å². The molecule has 0 aliphatic heterocycles. The molecule has 1 aromatic carbocycles. The van der Waals surface area contributed by atoms with Crippen LogP contribution >= 0.6 is 0 Å². The van der Waals surface area contributed by atoms with Crippen molar-refractivity contribution in [2.75, 3.05) is 20.7 Å². The van der Waals surface area contributed by atoms with Gasteiger partial charge in [-0.3, -0.25) is 4.99 Å². The van der Waals surface area contributed by atoms with Gasteiger partial charge in [0.2, 0.25) is 0 Å². The highest BCUT2D eigenvalue weighted by molar-refractivity contribution is 5.79. The van der Waals surface area contributed by atoms with E-state index in [2.05, 4.69) is 15.6 Å². The van der Waals surface area contributed by atoms with Crippen molar-refractivity contribution in [3.63, 3.8) is 0 Å². The number of hydrogen-bond donors (Lipinski definition) is 2. The van der Waals surface area contributed by atoms with E-state index in [1.807, 2.05) is 6.07 Å². The van der Waals surface area contributed by atoms with Gasteiger partial charge >= 0.3 is 6.18 Å². The lowest BCUT2D eigenvalue weighted by molar-refractivity contribution is -0.153. The summed E-state index contributed by atoms with van der Waals surface area (Å²) >= 11 is 0. The molecular weight excluding hydrogens is 271 g/mol. The minimum atomic E-state index is -4.35. The number of rotatable bonds is 4. The van der Waals surface area contributed by atoms with Gasteiger partial charge in [0, 0.05) is 26.2 Å². The van der Waals surface area contributed by atoms with E-state index in [1.165, 1.54) is 0 Å². The maximum absolute atomic E-state index is 12.2. The first-order valence-corrected chi connectivity index (χ1v) is 6.03. The molecule has 4 nitrogen and oxygen atoms in total. The summed E-state index contributed by atoms with van der Waals surface area (Å²) in [6.45, 7) is 0.815. The van der Waals surface area contributed by atoms with Crippen LogP contribution in [0.1, 0.15) is 11.1 Å². The van der Waals surface area contributed by atoms with Crippen LogP contribution in [0.2, 0.25) is 0 Å². The molecule has 1 aromatic rings. The van der Waals surface area contributed by atoms with Gasteiger partial charge in [0.05, 0.1) is 0 Å². The molecule has 0 amide bonds. The molecule has 112 valence electrons. The molecule has 0 bridgehead atoms. The van der Waals surface area contributed by atoms with E-state index in [9.17, 15) is 13.2 Å². The monoisotopic (exact) mass is 289 g/mol. The lowest BCUT2D eigenvalue weighted by Gasteiger charge is -2.15. The van der Waals surface area contributed by atoms with Crippen LogP contribution in [0.4, 0.5) is 13.2 Å². The maximum atomic E-state index is 12.2. The molecule has 1 rings (SSSR count). The summed E-state index contributed by atoms with van der Waals surface area (Å²) in [6, 6.07) is 5.14. The first-order valence-electron chi connectivity index (χ1n) is 6.03. The van der Waals surface area contributed by atoms with Gasteiger partial charge in [0.15, 0.2) is 12.6 Å². The smallest absolute Gasteiger partial charge is 0.422 e. The Kier molecular flexibility index (Phi) is 5.66. The van der Waals surface area contributed by atoms with Crippen LogP contribution in [0.5, 0.6) is 5.75 Å². The van der Waals surface area contributed by atoms with Gasteiger partial charge in [-0.1, -0.05) is 12.1 Å². The number of nitrogens with one attached hydrogen (secondary N) is 2. The molecule has 0 heterocycles. The van der Waals surface area contributed by atoms with Crippen LogP contribution in [-0.4, -0.2) is 32.8 Å². The molecular formula is C13H18F3N3O. The van der Waals surface area contributed by atoms with Gasteiger partial charge in [-0.2, -0.15) is 13.2 Å². The van der Waals surface area contributed by atoms with Crippen molar-refractivity contribution in [3.8, 4) is 5.75 Å².